The van der Waals surface area contributed by atoms with Crippen molar-refractivity contribution >= 4 is 28.3 Å². The summed E-state index contributed by atoms with van der Waals surface area (Å²) in [6.45, 7) is 3.69. The van der Waals surface area contributed by atoms with Gasteiger partial charge in [0, 0.05) is 13.1 Å². The normalized spacial score (nSPS) is 11.2. The second-order valence-electron chi connectivity index (χ2n) is 5.95. The molecule has 0 saturated heterocycles. The zero-order chi connectivity index (χ0) is 18.3. The van der Waals surface area contributed by atoms with Crippen molar-refractivity contribution in [3.8, 4) is 10.6 Å². The number of thiophene rings is 1. The minimum atomic E-state index is -0.444. The lowest BCUT2D eigenvalue weighted by molar-refractivity contribution is 0.0439. The number of aryl methyl sites for hydroxylation is 3. The van der Waals surface area contributed by atoms with Gasteiger partial charge in [0.15, 0.2) is 18.0 Å². The number of carbonyl (C=O) groups is 1. The Morgan fingerprint density at radius 2 is 2.19 bits per heavy atom. The van der Waals surface area contributed by atoms with Crippen molar-refractivity contribution in [2.75, 3.05) is 0 Å². The van der Waals surface area contributed by atoms with Gasteiger partial charge in [-0.3, -0.25) is 4.68 Å². The van der Waals surface area contributed by atoms with Crippen LogP contribution in [-0.2, 0) is 18.4 Å². The molecule has 4 heterocycles. The highest BCUT2D eigenvalue weighted by atomic mass is 32.1. The molecule has 132 valence electrons. The van der Waals surface area contributed by atoms with Crippen molar-refractivity contribution in [2.24, 2.45) is 7.05 Å². The summed E-state index contributed by atoms with van der Waals surface area (Å²) in [5, 5.41) is 10.9. The van der Waals surface area contributed by atoms with Crippen molar-refractivity contribution in [3.63, 3.8) is 0 Å². The van der Waals surface area contributed by atoms with Crippen LogP contribution in [0.4, 0.5) is 0 Å². The van der Waals surface area contributed by atoms with Crippen molar-refractivity contribution in [3.05, 3.63) is 52.4 Å². The molecule has 0 bridgehead atoms. The van der Waals surface area contributed by atoms with Gasteiger partial charge in [-0.1, -0.05) is 11.2 Å². The molecule has 7 nitrogen and oxygen atoms in total. The number of fused-ring (bicyclic) bond motifs is 1. The summed E-state index contributed by atoms with van der Waals surface area (Å²) in [4.78, 5) is 18.4. The first kappa shape index (κ1) is 16.5. The van der Waals surface area contributed by atoms with Gasteiger partial charge in [-0.25, -0.2) is 9.78 Å². The van der Waals surface area contributed by atoms with Gasteiger partial charge in [0.25, 0.3) is 0 Å². The number of ether oxygens (including phenoxy) is 1. The Balaban J connectivity index is 1.75. The fraction of sp³-hybridized carbons (Fsp3) is 0.222. The topological polar surface area (TPSA) is 83.0 Å². The van der Waals surface area contributed by atoms with E-state index < -0.39 is 5.97 Å². The van der Waals surface area contributed by atoms with E-state index in [0.717, 1.165) is 22.0 Å². The number of pyridine rings is 1. The number of rotatable bonds is 4. The Kier molecular flexibility index (Phi) is 4.04. The molecule has 0 atom stereocenters. The van der Waals surface area contributed by atoms with Crippen molar-refractivity contribution in [2.45, 2.75) is 20.5 Å². The lowest BCUT2D eigenvalue weighted by atomic mass is 10.1. The lowest BCUT2D eigenvalue weighted by Gasteiger charge is -2.07. The van der Waals surface area contributed by atoms with Gasteiger partial charge < -0.3 is 9.26 Å². The quantitative estimate of drug-likeness (QED) is 0.511. The third-order valence-electron chi connectivity index (χ3n) is 3.98. The number of nitrogens with zero attached hydrogens (tertiary/aromatic N) is 4. The maximum atomic E-state index is 12.8. The van der Waals surface area contributed by atoms with E-state index in [-0.39, 0.29) is 6.61 Å². The van der Waals surface area contributed by atoms with Crippen LogP contribution in [0.1, 0.15) is 27.5 Å². The highest BCUT2D eigenvalue weighted by Crippen LogP contribution is 2.29. The van der Waals surface area contributed by atoms with Crippen LogP contribution in [0.25, 0.3) is 21.6 Å². The van der Waals surface area contributed by atoms with E-state index in [9.17, 15) is 4.79 Å². The monoisotopic (exact) mass is 368 g/mol. The molecule has 0 aliphatic rings. The molecule has 0 N–H and O–H groups in total. The highest BCUT2D eigenvalue weighted by molar-refractivity contribution is 7.13. The first-order chi connectivity index (χ1) is 12.5. The maximum Gasteiger partial charge on any atom is 0.339 e. The molecule has 0 radical (unpaired) electrons. The molecule has 0 fully saturated rings. The third-order valence-corrected chi connectivity index (χ3v) is 4.88. The minimum absolute atomic E-state index is 0.0249. The molecule has 0 aliphatic carbocycles. The molecule has 0 aliphatic heterocycles. The van der Waals surface area contributed by atoms with Crippen LogP contribution >= 0.6 is 11.3 Å². The van der Waals surface area contributed by atoms with Crippen molar-refractivity contribution < 1.29 is 14.1 Å². The molecule has 0 saturated carbocycles. The molecule has 4 aromatic rings. The van der Waals surface area contributed by atoms with Crippen LogP contribution in [0, 0.1) is 13.8 Å². The van der Waals surface area contributed by atoms with Crippen LogP contribution < -0.4 is 0 Å². The Bertz CT molecular complexity index is 1100. The summed E-state index contributed by atoms with van der Waals surface area (Å²) in [7, 11) is 1.81. The largest absolute Gasteiger partial charge is 0.454 e. The maximum absolute atomic E-state index is 12.8. The van der Waals surface area contributed by atoms with Crippen LogP contribution in [0.2, 0.25) is 0 Å². The number of aromatic nitrogens is 4. The predicted octanol–water partition coefficient (Wildman–Crippen LogP) is 3.66. The molecular weight excluding hydrogens is 352 g/mol. The van der Waals surface area contributed by atoms with Crippen LogP contribution in [0.15, 0.2) is 34.2 Å². The average molecular weight is 368 g/mol. The van der Waals surface area contributed by atoms with Gasteiger partial charge in [-0.15, -0.1) is 11.3 Å². The van der Waals surface area contributed by atoms with Gasteiger partial charge in [0.2, 0.25) is 0 Å². The molecule has 0 spiro atoms. The Hall–Kier alpha value is -3.00. The van der Waals surface area contributed by atoms with Gasteiger partial charge in [-0.2, -0.15) is 5.10 Å². The standard InChI is InChI=1S/C18H16N4O3S/c1-10-7-12(25-21-10)9-24-18(23)13-8-14(15-5-4-6-26-15)19-17-16(13)11(2)20-22(17)3/h4-8H,9H2,1-3H3. The minimum Gasteiger partial charge on any atom is -0.454 e. The zero-order valence-corrected chi connectivity index (χ0v) is 15.3. The Labute approximate surface area is 153 Å². The zero-order valence-electron chi connectivity index (χ0n) is 14.5. The summed E-state index contributed by atoms with van der Waals surface area (Å²) < 4.78 is 12.2. The van der Waals surface area contributed by atoms with Crippen LogP contribution in [-0.4, -0.2) is 25.9 Å². The number of hydrogen-bond donors (Lipinski definition) is 0. The van der Waals surface area contributed by atoms with Crippen molar-refractivity contribution in [1.82, 2.24) is 19.9 Å². The van der Waals surface area contributed by atoms with E-state index in [1.54, 1.807) is 28.2 Å². The molecule has 0 amide bonds. The molecule has 4 aromatic heterocycles. The molecule has 0 aromatic carbocycles. The molecular formula is C18H16N4O3S. The summed E-state index contributed by atoms with van der Waals surface area (Å²) in [6.07, 6.45) is 0. The van der Waals surface area contributed by atoms with Crippen molar-refractivity contribution in [1.29, 1.82) is 0 Å². The van der Waals surface area contributed by atoms with Gasteiger partial charge in [0.1, 0.15) is 0 Å². The smallest absolute Gasteiger partial charge is 0.339 e. The van der Waals surface area contributed by atoms with Gasteiger partial charge >= 0.3 is 5.97 Å². The Morgan fingerprint density at radius 3 is 2.88 bits per heavy atom. The van der Waals surface area contributed by atoms with Crippen LogP contribution in [0.5, 0.6) is 0 Å². The summed E-state index contributed by atoms with van der Waals surface area (Å²) >= 11 is 1.56. The predicted molar refractivity (Wildman–Crippen MR) is 96.9 cm³/mol. The fourth-order valence-corrected chi connectivity index (χ4v) is 3.54. The second-order valence-corrected chi connectivity index (χ2v) is 6.90. The Morgan fingerprint density at radius 1 is 1.35 bits per heavy atom. The first-order valence-corrected chi connectivity index (χ1v) is 8.88. The van der Waals surface area contributed by atoms with E-state index in [2.05, 4.69) is 15.2 Å². The van der Waals surface area contributed by atoms with Gasteiger partial charge in [-0.05, 0) is 31.4 Å². The molecule has 4 rings (SSSR count). The van der Waals surface area contributed by atoms with Gasteiger partial charge in [0.05, 0.1) is 32.9 Å². The molecule has 26 heavy (non-hydrogen) atoms. The van der Waals surface area contributed by atoms with E-state index in [0.29, 0.717) is 22.4 Å². The third kappa shape index (κ3) is 2.88. The number of esters is 1. The summed E-state index contributed by atoms with van der Waals surface area (Å²) in [5.41, 5.74) is 3.29. The van der Waals surface area contributed by atoms with E-state index >= 15 is 0 Å². The van der Waals surface area contributed by atoms with E-state index in [1.165, 1.54) is 0 Å². The highest BCUT2D eigenvalue weighted by Gasteiger charge is 2.21. The second kappa shape index (κ2) is 6.38. The number of hydrogen-bond acceptors (Lipinski definition) is 7. The van der Waals surface area contributed by atoms with Crippen LogP contribution in [0.3, 0.4) is 0 Å². The fourth-order valence-electron chi connectivity index (χ4n) is 2.86. The van der Waals surface area contributed by atoms with E-state index in [4.69, 9.17) is 9.26 Å². The SMILES string of the molecule is Cc1cc(COC(=O)c2cc(-c3cccs3)nc3c2c(C)nn3C)on1. The summed E-state index contributed by atoms with van der Waals surface area (Å²) in [6, 6.07) is 7.41. The first-order valence-electron chi connectivity index (χ1n) is 8.00. The van der Waals surface area contributed by atoms with E-state index in [1.807, 2.05) is 38.4 Å². The summed E-state index contributed by atoms with van der Waals surface area (Å²) in [5.74, 6) is 0.0582. The average Bonchev–Trinajstić information content (AvgIpc) is 3.34. The number of carbonyl (C=O) groups excluding carboxylic acids is 1. The molecule has 8 heteroatoms. The molecule has 0 unspecified atom stereocenters. The lowest BCUT2D eigenvalue weighted by Crippen LogP contribution is -2.07.